The fraction of sp³-hybridized carbons (Fsp3) is 0.333. The van der Waals surface area contributed by atoms with Crippen LogP contribution in [0.2, 0.25) is 0 Å². The van der Waals surface area contributed by atoms with Gasteiger partial charge in [-0.25, -0.2) is 0 Å². The molecule has 2 aliphatic carbocycles. The Morgan fingerprint density at radius 3 is 2.74 bits per heavy atom. The van der Waals surface area contributed by atoms with Crippen molar-refractivity contribution in [2.45, 2.75) is 37.8 Å². The smallest absolute Gasteiger partial charge is 0.251 e. The van der Waals surface area contributed by atoms with Crippen molar-refractivity contribution in [1.82, 2.24) is 10.3 Å². The van der Waals surface area contributed by atoms with E-state index in [4.69, 9.17) is 0 Å². The van der Waals surface area contributed by atoms with Crippen LogP contribution >= 0.6 is 0 Å². The lowest BCUT2D eigenvalue weighted by molar-refractivity contribution is 0.0950. The maximum Gasteiger partial charge on any atom is 0.251 e. The van der Waals surface area contributed by atoms with Crippen LogP contribution in [0.25, 0.3) is 0 Å². The summed E-state index contributed by atoms with van der Waals surface area (Å²) in [6, 6.07) is 21.4. The fourth-order valence-electron chi connectivity index (χ4n) is 6.40. The number of hydrogen-bond acceptors (Lipinski definition) is 3. The van der Waals surface area contributed by atoms with Gasteiger partial charge >= 0.3 is 0 Å². The third-order valence-electron chi connectivity index (χ3n) is 7.68. The Bertz CT molecular complexity index is 1100. The zero-order valence-corrected chi connectivity index (χ0v) is 17.5. The second-order valence-corrected chi connectivity index (χ2v) is 9.32. The minimum Gasteiger partial charge on any atom is -0.378 e. The van der Waals surface area contributed by atoms with Crippen LogP contribution in [0, 0.1) is 17.8 Å². The Kier molecular flexibility index (Phi) is 4.52. The van der Waals surface area contributed by atoms with Crippen molar-refractivity contribution in [3.05, 3.63) is 95.3 Å². The summed E-state index contributed by atoms with van der Waals surface area (Å²) in [4.78, 5) is 17.0. The van der Waals surface area contributed by atoms with E-state index >= 15 is 0 Å². The first-order valence-electron chi connectivity index (χ1n) is 11.4. The van der Waals surface area contributed by atoms with E-state index in [1.54, 1.807) is 12.4 Å². The highest BCUT2D eigenvalue weighted by molar-refractivity contribution is 5.95. The topological polar surface area (TPSA) is 54.0 Å². The normalized spacial score (nSPS) is 27.8. The van der Waals surface area contributed by atoms with Crippen LogP contribution in [0.3, 0.4) is 0 Å². The highest BCUT2D eigenvalue weighted by Gasteiger charge is 2.53. The van der Waals surface area contributed by atoms with Gasteiger partial charge in [-0.05, 0) is 83.9 Å². The Morgan fingerprint density at radius 2 is 1.90 bits per heavy atom. The van der Waals surface area contributed by atoms with Crippen molar-refractivity contribution in [2.24, 2.45) is 17.8 Å². The second-order valence-electron chi connectivity index (χ2n) is 9.32. The van der Waals surface area contributed by atoms with Crippen molar-refractivity contribution < 1.29 is 4.79 Å². The summed E-state index contributed by atoms with van der Waals surface area (Å²) < 4.78 is 0. The molecular formula is C27H27N3O. The molecule has 2 saturated carbocycles. The molecule has 0 radical (unpaired) electrons. The molecule has 1 aliphatic heterocycles. The van der Waals surface area contributed by atoms with Gasteiger partial charge in [0, 0.05) is 30.2 Å². The van der Waals surface area contributed by atoms with Gasteiger partial charge in [0.15, 0.2) is 0 Å². The number of rotatable bonds is 4. The number of benzene rings is 2. The van der Waals surface area contributed by atoms with E-state index in [1.807, 2.05) is 18.2 Å². The third kappa shape index (κ3) is 3.21. The molecule has 0 saturated heterocycles. The molecule has 3 aliphatic rings. The van der Waals surface area contributed by atoms with E-state index < -0.39 is 0 Å². The molecule has 2 bridgehead atoms. The Hall–Kier alpha value is -3.14. The quantitative estimate of drug-likeness (QED) is 0.614. The van der Waals surface area contributed by atoms with Gasteiger partial charge in [-0.15, -0.1) is 0 Å². The Morgan fingerprint density at radius 1 is 1.03 bits per heavy atom. The summed E-state index contributed by atoms with van der Waals surface area (Å²) in [6.07, 6.45) is 7.54. The van der Waals surface area contributed by atoms with E-state index in [0.29, 0.717) is 24.4 Å². The standard InChI is InChI=1S/C27H27N3O/c31-27(29-16-17-5-4-12-28-15-17)21-10-11-23-22(14-21)24-19-8-9-20(13-19)25(24)26(30-23)18-6-2-1-3-7-18/h1-7,10-12,14-15,19-20,24-26,30H,8-9,13,16H2,(H,29,31)/t19-,20+,24+,25-,26-/m0/s1. The molecule has 31 heavy (non-hydrogen) atoms. The van der Waals surface area contributed by atoms with Gasteiger partial charge in [0.25, 0.3) is 5.91 Å². The SMILES string of the molecule is O=C(NCc1cccnc1)c1ccc2c(c1)[C@H]1[C@H]3CC[C@H](C3)[C@@H]1[C@H](c1ccccc1)N2. The number of pyridine rings is 1. The van der Waals surface area contributed by atoms with Crippen molar-refractivity contribution in [3.8, 4) is 0 Å². The van der Waals surface area contributed by atoms with Crippen LogP contribution in [0.1, 0.15) is 58.3 Å². The summed E-state index contributed by atoms with van der Waals surface area (Å²) in [7, 11) is 0. The lowest BCUT2D eigenvalue weighted by atomic mass is 9.68. The molecule has 2 fully saturated rings. The molecule has 5 atom stereocenters. The van der Waals surface area contributed by atoms with Crippen LogP contribution in [0.5, 0.6) is 0 Å². The van der Waals surface area contributed by atoms with Gasteiger partial charge < -0.3 is 10.6 Å². The van der Waals surface area contributed by atoms with Crippen molar-refractivity contribution in [2.75, 3.05) is 5.32 Å². The first-order valence-corrected chi connectivity index (χ1v) is 11.4. The van der Waals surface area contributed by atoms with Crippen molar-refractivity contribution in [1.29, 1.82) is 0 Å². The highest BCUT2D eigenvalue weighted by Crippen LogP contribution is 2.63. The average molecular weight is 410 g/mol. The zero-order valence-electron chi connectivity index (χ0n) is 17.5. The van der Waals surface area contributed by atoms with Crippen molar-refractivity contribution >= 4 is 11.6 Å². The minimum atomic E-state index is -0.0171. The van der Waals surface area contributed by atoms with Gasteiger partial charge in [-0.3, -0.25) is 9.78 Å². The highest BCUT2D eigenvalue weighted by atomic mass is 16.1. The van der Waals surface area contributed by atoms with Crippen LogP contribution in [-0.4, -0.2) is 10.9 Å². The molecular weight excluding hydrogens is 382 g/mol. The lowest BCUT2D eigenvalue weighted by Gasteiger charge is -2.43. The van der Waals surface area contributed by atoms with Gasteiger partial charge in [-0.1, -0.05) is 36.4 Å². The summed E-state index contributed by atoms with van der Waals surface area (Å²) in [5, 5.41) is 6.90. The summed E-state index contributed by atoms with van der Waals surface area (Å²) >= 11 is 0. The van der Waals surface area contributed by atoms with Gasteiger partial charge in [0.05, 0.1) is 6.04 Å². The summed E-state index contributed by atoms with van der Waals surface area (Å²) in [5.74, 6) is 2.67. The van der Waals surface area contributed by atoms with Crippen LogP contribution < -0.4 is 10.6 Å². The number of fused-ring (bicyclic) bond motifs is 7. The predicted molar refractivity (Wildman–Crippen MR) is 122 cm³/mol. The van der Waals surface area contributed by atoms with Gasteiger partial charge in [-0.2, -0.15) is 0 Å². The Balaban J connectivity index is 1.30. The monoisotopic (exact) mass is 409 g/mol. The number of amides is 1. The third-order valence-corrected chi connectivity index (χ3v) is 7.68. The fourth-order valence-corrected chi connectivity index (χ4v) is 6.40. The largest absolute Gasteiger partial charge is 0.378 e. The molecule has 1 aromatic heterocycles. The molecule has 2 aromatic carbocycles. The molecule has 2 heterocycles. The molecule has 6 rings (SSSR count). The molecule has 156 valence electrons. The van der Waals surface area contributed by atoms with E-state index in [9.17, 15) is 4.79 Å². The van der Waals surface area contributed by atoms with Crippen LogP contribution in [-0.2, 0) is 6.54 Å². The maximum atomic E-state index is 12.9. The van der Waals surface area contributed by atoms with E-state index in [-0.39, 0.29) is 5.91 Å². The number of anilines is 1. The molecule has 2 N–H and O–H groups in total. The van der Waals surface area contributed by atoms with E-state index in [0.717, 1.165) is 23.0 Å². The zero-order chi connectivity index (χ0) is 20.8. The van der Waals surface area contributed by atoms with Crippen molar-refractivity contribution in [3.63, 3.8) is 0 Å². The minimum absolute atomic E-state index is 0.0171. The molecule has 1 amide bonds. The predicted octanol–water partition coefficient (Wildman–Crippen LogP) is 5.31. The first-order chi connectivity index (χ1) is 15.3. The van der Waals surface area contributed by atoms with E-state index in [1.165, 1.54) is 36.1 Å². The lowest BCUT2D eigenvalue weighted by Crippen LogP contribution is -2.35. The average Bonchev–Trinajstić information content (AvgIpc) is 3.46. The molecule has 3 aromatic rings. The van der Waals surface area contributed by atoms with Gasteiger partial charge in [0.1, 0.15) is 0 Å². The molecule has 0 spiro atoms. The first kappa shape index (κ1) is 18.6. The van der Waals surface area contributed by atoms with Gasteiger partial charge in [0.2, 0.25) is 0 Å². The number of hydrogen-bond donors (Lipinski definition) is 2. The maximum absolute atomic E-state index is 12.9. The Labute approximate surface area is 183 Å². The molecule has 4 nitrogen and oxygen atoms in total. The summed E-state index contributed by atoms with van der Waals surface area (Å²) in [6.45, 7) is 0.495. The number of carbonyl (C=O) groups is 1. The summed E-state index contributed by atoms with van der Waals surface area (Å²) in [5.41, 5.74) is 5.69. The second kappa shape index (κ2) is 7.52. The molecule has 0 unspecified atom stereocenters. The van der Waals surface area contributed by atoms with E-state index in [2.05, 4.69) is 58.1 Å². The number of nitrogens with zero attached hydrogens (tertiary/aromatic N) is 1. The number of nitrogens with one attached hydrogen (secondary N) is 2. The van der Waals surface area contributed by atoms with Crippen LogP contribution in [0.4, 0.5) is 5.69 Å². The van der Waals surface area contributed by atoms with Crippen LogP contribution in [0.15, 0.2) is 73.1 Å². The molecule has 4 heteroatoms. The number of carbonyl (C=O) groups excluding carboxylic acids is 1. The number of aromatic nitrogens is 1.